The summed E-state index contributed by atoms with van der Waals surface area (Å²) in [5.74, 6) is 1.66. The molecule has 2 aromatic heterocycles. The fourth-order valence-corrected chi connectivity index (χ4v) is 3.64. The summed E-state index contributed by atoms with van der Waals surface area (Å²) in [5.41, 5.74) is 1.05. The average Bonchev–Trinajstić information content (AvgIpc) is 3.11. The summed E-state index contributed by atoms with van der Waals surface area (Å²) < 4.78 is 8.52. The van der Waals surface area contributed by atoms with E-state index in [1.165, 1.54) is 11.8 Å². The van der Waals surface area contributed by atoms with E-state index in [9.17, 15) is 4.79 Å². The van der Waals surface area contributed by atoms with Gasteiger partial charge in [-0.2, -0.15) is 0 Å². The highest BCUT2D eigenvalue weighted by molar-refractivity contribution is 9.10. The minimum absolute atomic E-state index is 0.164. The molecular weight excluding hydrogens is 490 g/mol. The molecule has 10 heteroatoms. The highest BCUT2D eigenvalue weighted by atomic mass is 79.9. The molecule has 0 atom stereocenters. The van der Waals surface area contributed by atoms with Crippen molar-refractivity contribution in [1.82, 2.24) is 19.7 Å². The minimum atomic E-state index is -0.188. The Balaban J connectivity index is 1.63. The third kappa shape index (κ3) is 6.07. The first-order valence-electron chi connectivity index (χ1n) is 8.92. The van der Waals surface area contributed by atoms with Gasteiger partial charge >= 0.3 is 0 Å². The molecule has 3 rings (SSSR count). The van der Waals surface area contributed by atoms with Crippen molar-refractivity contribution in [2.75, 3.05) is 11.1 Å². The van der Waals surface area contributed by atoms with Crippen molar-refractivity contribution in [2.45, 2.75) is 25.2 Å². The van der Waals surface area contributed by atoms with Crippen LogP contribution in [0.4, 0.5) is 5.82 Å². The van der Waals surface area contributed by atoms with Gasteiger partial charge in [0.1, 0.15) is 18.2 Å². The second-order valence-corrected chi connectivity index (χ2v) is 8.48. The van der Waals surface area contributed by atoms with Crippen molar-refractivity contribution in [3.05, 3.63) is 70.1 Å². The Labute approximate surface area is 192 Å². The number of nitrogens with one attached hydrogen (secondary N) is 1. The summed E-state index contributed by atoms with van der Waals surface area (Å²) in [6, 6.07) is 9.11. The summed E-state index contributed by atoms with van der Waals surface area (Å²) in [4.78, 5) is 16.4. The van der Waals surface area contributed by atoms with Gasteiger partial charge in [-0.3, -0.25) is 9.36 Å². The molecule has 7 nitrogen and oxygen atoms in total. The van der Waals surface area contributed by atoms with E-state index in [-0.39, 0.29) is 18.3 Å². The van der Waals surface area contributed by atoms with Gasteiger partial charge in [0, 0.05) is 17.2 Å². The second-order valence-electron chi connectivity index (χ2n) is 6.22. The molecule has 0 saturated carbocycles. The molecule has 0 aliphatic carbocycles. The van der Waals surface area contributed by atoms with Gasteiger partial charge in [-0.05, 0) is 52.7 Å². The number of pyridine rings is 1. The lowest BCUT2D eigenvalue weighted by Crippen LogP contribution is -2.15. The molecule has 0 unspecified atom stereocenters. The van der Waals surface area contributed by atoms with E-state index < -0.39 is 0 Å². The van der Waals surface area contributed by atoms with Crippen molar-refractivity contribution in [3.63, 3.8) is 0 Å². The molecule has 1 N–H and O–H groups in total. The van der Waals surface area contributed by atoms with Crippen molar-refractivity contribution in [1.29, 1.82) is 0 Å². The molecular formula is C20H19BrClN5O2S. The van der Waals surface area contributed by atoms with Gasteiger partial charge in [0.25, 0.3) is 0 Å². The smallest absolute Gasteiger partial charge is 0.236 e. The van der Waals surface area contributed by atoms with Crippen molar-refractivity contribution in [3.8, 4) is 5.75 Å². The van der Waals surface area contributed by atoms with E-state index in [0.717, 1.165) is 10.0 Å². The number of halogens is 2. The lowest BCUT2D eigenvalue weighted by Gasteiger charge is -2.10. The number of thioether (sulfide) groups is 1. The first-order chi connectivity index (χ1) is 14.5. The third-order valence-electron chi connectivity index (χ3n) is 3.88. The van der Waals surface area contributed by atoms with E-state index in [4.69, 9.17) is 16.3 Å². The van der Waals surface area contributed by atoms with Gasteiger partial charge in [0.2, 0.25) is 5.91 Å². The molecule has 2 heterocycles. The number of benzene rings is 1. The molecule has 0 spiro atoms. The van der Waals surface area contributed by atoms with Crippen LogP contribution in [0.25, 0.3) is 0 Å². The molecule has 0 saturated heterocycles. The molecule has 1 aromatic carbocycles. The van der Waals surface area contributed by atoms with Gasteiger partial charge < -0.3 is 10.1 Å². The van der Waals surface area contributed by atoms with Crippen molar-refractivity contribution >= 4 is 51.0 Å². The predicted octanol–water partition coefficient (Wildman–Crippen LogP) is 4.89. The summed E-state index contributed by atoms with van der Waals surface area (Å²) in [6.45, 7) is 6.43. The third-order valence-corrected chi connectivity index (χ3v) is 5.62. The Morgan fingerprint density at radius 2 is 2.20 bits per heavy atom. The van der Waals surface area contributed by atoms with E-state index in [1.807, 2.05) is 29.7 Å². The average molecular weight is 509 g/mol. The van der Waals surface area contributed by atoms with Crippen LogP contribution in [-0.4, -0.2) is 31.4 Å². The zero-order valence-electron chi connectivity index (χ0n) is 16.1. The number of amides is 1. The summed E-state index contributed by atoms with van der Waals surface area (Å²) in [6.07, 6.45) is 3.36. The highest BCUT2D eigenvalue weighted by Crippen LogP contribution is 2.26. The fourth-order valence-electron chi connectivity index (χ4n) is 2.47. The Morgan fingerprint density at radius 1 is 1.37 bits per heavy atom. The topological polar surface area (TPSA) is 81.9 Å². The SMILES string of the molecule is C=CCn1c(COc2cc(C)ccc2Cl)nnc1SCC(=O)Nc1ccc(Br)cn1. The van der Waals surface area contributed by atoms with Crippen LogP contribution in [0, 0.1) is 6.92 Å². The van der Waals surface area contributed by atoms with E-state index >= 15 is 0 Å². The van der Waals surface area contributed by atoms with E-state index in [1.54, 1.807) is 24.4 Å². The van der Waals surface area contributed by atoms with Crippen LogP contribution in [0.5, 0.6) is 5.75 Å². The number of carbonyl (C=O) groups is 1. The standard InChI is InChI=1S/C20H19BrClN5O2S/c1-3-8-27-18(11-29-16-9-13(2)4-6-15(16)22)25-26-20(27)30-12-19(28)24-17-7-5-14(21)10-23-17/h3-7,9-10H,1,8,11-12H2,2H3,(H,23,24,28). The summed E-state index contributed by atoms with van der Waals surface area (Å²) in [7, 11) is 0. The Morgan fingerprint density at radius 3 is 2.93 bits per heavy atom. The van der Waals surface area contributed by atoms with Crippen LogP contribution >= 0.6 is 39.3 Å². The first kappa shape index (κ1) is 22.3. The maximum absolute atomic E-state index is 12.2. The maximum Gasteiger partial charge on any atom is 0.236 e. The highest BCUT2D eigenvalue weighted by Gasteiger charge is 2.15. The zero-order chi connectivity index (χ0) is 21.5. The monoisotopic (exact) mass is 507 g/mol. The number of aryl methyl sites for hydroxylation is 1. The first-order valence-corrected chi connectivity index (χ1v) is 11.1. The number of nitrogens with zero attached hydrogens (tertiary/aromatic N) is 4. The molecule has 3 aromatic rings. The zero-order valence-corrected chi connectivity index (χ0v) is 19.3. The van der Waals surface area contributed by atoms with Gasteiger partial charge in [0.15, 0.2) is 11.0 Å². The molecule has 0 aliphatic heterocycles. The van der Waals surface area contributed by atoms with Crippen LogP contribution < -0.4 is 10.1 Å². The Hall–Kier alpha value is -2.36. The van der Waals surface area contributed by atoms with E-state index in [0.29, 0.717) is 34.1 Å². The number of aromatic nitrogens is 4. The molecule has 1 amide bonds. The fraction of sp³-hybridized carbons (Fsp3) is 0.200. The number of rotatable bonds is 9. The molecule has 0 bridgehead atoms. The quantitative estimate of drug-likeness (QED) is 0.327. The lowest BCUT2D eigenvalue weighted by atomic mass is 10.2. The molecule has 30 heavy (non-hydrogen) atoms. The van der Waals surface area contributed by atoms with Gasteiger partial charge in [-0.1, -0.05) is 35.5 Å². The molecule has 0 aliphatic rings. The predicted molar refractivity (Wildman–Crippen MR) is 122 cm³/mol. The van der Waals surface area contributed by atoms with Crippen LogP contribution in [0.1, 0.15) is 11.4 Å². The van der Waals surface area contributed by atoms with Gasteiger partial charge in [-0.15, -0.1) is 16.8 Å². The normalized spacial score (nSPS) is 10.6. The summed E-state index contributed by atoms with van der Waals surface area (Å²) in [5, 5.41) is 12.3. The van der Waals surface area contributed by atoms with Gasteiger partial charge in [-0.25, -0.2) is 4.98 Å². The van der Waals surface area contributed by atoms with Crippen LogP contribution in [0.3, 0.4) is 0 Å². The van der Waals surface area contributed by atoms with Crippen LogP contribution in [0.2, 0.25) is 5.02 Å². The maximum atomic E-state index is 12.2. The number of allylic oxidation sites excluding steroid dienone is 1. The number of anilines is 1. The largest absolute Gasteiger partial charge is 0.484 e. The molecule has 156 valence electrons. The Bertz CT molecular complexity index is 1040. The van der Waals surface area contributed by atoms with Crippen LogP contribution in [-0.2, 0) is 17.9 Å². The lowest BCUT2D eigenvalue weighted by molar-refractivity contribution is -0.113. The van der Waals surface area contributed by atoms with Crippen LogP contribution in [0.15, 0.2) is 58.8 Å². The molecule has 0 fully saturated rings. The Kier molecular flexibility index (Phi) is 7.89. The number of carbonyl (C=O) groups excluding carboxylic acids is 1. The van der Waals surface area contributed by atoms with Crippen molar-refractivity contribution in [2.24, 2.45) is 0 Å². The number of hydrogen-bond donors (Lipinski definition) is 1. The number of hydrogen-bond acceptors (Lipinski definition) is 6. The van der Waals surface area contributed by atoms with Crippen molar-refractivity contribution < 1.29 is 9.53 Å². The molecule has 0 radical (unpaired) electrons. The number of ether oxygens (including phenoxy) is 1. The summed E-state index contributed by atoms with van der Waals surface area (Å²) >= 11 is 10.8. The van der Waals surface area contributed by atoms with E-state index in [2.05, 4.69) is 43.0 Å². The minimum Gasteiger partial charge on any atom is -0.484 e. The second kappa shape index (κ2) is 10.6. The van der Waals surface area contributed by atoms with Gasteiger partial charge in [0.05, 0.1) is 10.8 Å².